The van der Waals surface area contributed by atoms with Crippen molar-refractivity contribution < 1.29 is 4.39 Å². The lowest BCUT2D eigenvalue weighted by Crippen LogP contribution is -2.53. The first-order valence-corrected chi connectivity index (χ1v) is 10.6. The number of halogens is 1. The van der Waals surface area contributed by atoms with Gasteiger partial charge in [-0.15, -0.1) is 0 Å². The fraction of sp³-hybridized carbons (Fsp3) is 1.00. The summed E-state index contributed by atoms with van der Waals surface area (Å²) in [5, 5.41) is 0. The summed E-state index contributed by atoms with van der Waals surface area (Å²) in [6, 6.07) is 0.733. The third-order valence-corrected chi connectivity index (χ3v) is 5.75. The molecule has 24 heavy (non-hydrogen) atoms. The number of hydrogen-bond acceptors (Lipinski definition) is 2. The molecule has 0 radical (unpaired) electrons. The molecular weight excluding hydrogens is 299 g/mol. The van der Waals surface area contributed by atoms with Crippen molar-refractivity contribution in [3.63, 3.8) is 0 Å². The summed E-state index contributed by atoms with van der Waals surface area (Å²) in [7, 11) is 4.03. The molecule has 1 fully saturated rings. The van der Waals surface area contributed by atoms with Crippen LogP contribution in [-0.4, -0.2) is 55.2 Å². The maximum absolute atomic E-state index is 14.6. The number of likely N-dealkylation sites (tertiary alicyclic amines) is 1. The topological polar surface area (TPSA) is 6.48 Å². The maximum atomic E-state index is 14.6. The zero-order valence-electron chi connectivity index (χ0n) is 16.9. The normalized spacial score (nSPS) is 23.8. The van der Waals surface area contributed by atoms with Gasteiger partial charge in [-0.05, 0) is 33.4 Å². The molecule has 0 aromatic rings. The molecule has 0 N–H and O–H groups in total. The second-order valence-electron chi connectivity index (χ2n) is 8.04. The average molecular weight is 343 g/mol. The van der Waals surface area contributed by atoms with Crippen LogP contribution in [-0.2, 0) is 0 Å². The zero-order valence-corrected chi connectivity index (χ0v) is 16.9. The molecule has 1 aliphatic heterocycles. The van der Waals surface area contributed by atoms with Crippen molar-refractivity contribution in [2.24, 2.45) is 0 Å². The van der Waals surface area contributed by atoms with Crippen LogP contribution in [0.4, 0.5) is 4.39 Å². The largest absolute Gasteiger partial charge is 0.303 e. The lowest BCUT2D eigenvalue weighted by Gasteiger charge is -2.41. The predicted octanol–water partition coefficient (Wildman–Crippen LogP) is 5.66. The van der Waals surface area contributed by atoms with E-state index in [2.05, 4.69) is 23.6 Å². The first kappa shape index (κ1) is 21.9. The molecule has 0 aromatic carbocycles. The van der Waals surface area contributed by atoms with Gasteiger partial charge in [0, 0.05) is 25.2 Å². The molecule has 1 aliphatic rings. The lowest BCUT2D eigenvalue weighted by atomic mass is 9.95. The van der Waals surface area contributed by atoms with Crippen LogP contribution >= 0.6 is 0 Å². The first-order valence-electron chi connectivity index (χ1n) is 10.6. The smallest absolute Gasteiger partial charge is 0.128 e. The Morgan fingerprint density at radius 2 is 1.46 bits per heavy atom. The van der Waals surface area contributed by atoms with Crippen LogP contribution in [0.5, 0.6) is 0 Å². The van der Waals surface area contributed by atoms with Gasteiger partial charge in [0.25, 0.3) is 0 Å². The molecule has 1 rings (SSSR count). The Hall–Kier alpha value is -0.150. The van der Waals surface area contributed by atoms with E-state index < -0.39 is 6.17 Å². The SMILES string of the molecule is CCCCCCCC(CCCCCC)N1CC[C@@H](N(C)C)[C@@H](F)C1. The van der Waals surface area contributed by atoms with Crippen LogP contribution in [0.3, 0.4) is 0 Å². The van der Waals surface area contributed by atoms with Crippen molar-refractivity contribution >= 4 is 0 Å². The third kappa shape index (κ3) is 8.29. The number of nitrogens with zero attached hydrogens (tertiary/aromatic N) is 2. The highest BCUT2D eigenvalue weighted by Crippen LogP contribution is 2.25. The molecule has 144 valence electrons. The van der Waals surface area contributed by atoms with Crippen molar-refractivity contribution in [3.05, 3.63) is 0 Å². The molecule has 0 spiro atoms. The molecular formula is C21H43FN2. The second-order valence-corrected chi connectivity index (χ2v) is 8.04. The van der Waals surface area contributed by atoms with Gasteiger partial charge in [0.15, 0.2) is 0 Å². The van der Waals surface area contributed by atoms with Gasteiger partial charge in [-0.2, -0.15) is 0 Å². The van der Waals surface area contributed by atoms with E-state index in [0.717, 1.165) is 13.0 Å². The van der Waals surface area contributed by atoms with Gasteiger partial charge in [0.05, 0.1) is 0 Å². The molecule has 0 amide bonds. The van der Waals surface area contributed by atoms with E-state index in [4.69, 9.17) is 0 Å². The Morgan fingerprint density at radius 3 is 1.96 bits per heavy atom. The highest BCUT2D eigenvalue weighted by molar-refractivity contribution is 4.88. The van der Waals surface area contributed by atoms with Crippen molar-refractivity contribution in [1.82, 2.24) is 9.80 Å². The van der Waals surface area contributed by atoms with Crippen LogP contribution in [0.2, 0.25) is 0 Å². The summed E-state index contributed by atoms with van der Waals surface area (Å²) in [5.41, 5.74) is 0. The molecule has 1 unspecified atom stereocenters. The van der Waals surface area contributed by atoms with Crippen LogP contribution in [0.25, 0.3) is 0 Å². The highest BCUT2D eigenvalue weighted by Gasteiger charge is 2.33. The average Bonchev–Trinajstić information content (AvgIpc) is 2.56. The van der Waals surface area contributed by atoms with E-state index in [-0.39, 0.29) is 6.04 Å². The molecule has 0 bridgehead atoms. The quantitative estimate of drug-likeness (QED) is 0.398. The monoisotopic (exact) mass is 342 g/mol. The van der Waals surface area contributed by atoms with Crippen LogP contribution in [0.1, 0.15) is 90.9 Å². The molecule has 0 saturated carbocycles. The maximum Gasteiger partial charge on any atom is 0.128 e. The van der Waals surface area contributed by atoms with E-state index in [0.29, 0.717) is 12.6 Å². The summed E-state index contributed by atoms with van der Waals surface area (Å²) in [5.74, 6) is 0. The van der Waals surface area contributed by atoms with Gasteiger partial charge in [-0.3, -0.25) is 4.90 Å². The van der Waals surface area contributed by atoms with Gasteiger partial charge in [-0.1, -0.05) is 71.6 Å². The Balaban J connectivity index is 2.44. The van der Waals surface area contributed by atoms with Crippen LogP contribution in [0, 0.1) is 0 Å². The number of alkyl halides is 1. The Bertz CT molecular complexity index is 296. The van der Waals surface area contributed by atoms with E-state index in [1.165, 1.54) is 70.6 Å². The molecule has 3 atom stereocenters. The fourth-order valence-corrected chi connectivity index (χ4v) is 4.13. The third-order valence-electron chi connectivity index (χ3n) is 5.75. The summed E-state index contributed by atoms with van der Waals surface area (Å²) in [4.78, 5) is 4.56. The van der Waals surface area contributed by atoms with Crippen LogP contribution < -0.4 is 0 Å². The summed E-state index contributed by atoms with van der Waals surface area (Å²) in [6.45, 7) is 6.27. The van der Waals surface area contributed by atoms with Gasteiger partial charge in [0.2, 0.25) is 0 Å². The number of rotatable bonds is 13. The second kappa shape index (κ2) is 13.1. The molecule has 3 heteroatoms. The van der Waals surface area contributed by atoms with Crippen molar-refractivity contribution in [3.8, 4) is 0 Å². The Kier molecular flexibility index (Phi) is 12.0. The summed E-state index contributed by atoms with van der Waals surface area (Å²) < 4.78 is 14.6. The standard InChI is InChI=1S/C21H43FN2/c1-5-7-9-11-13-15-19(14-12-10-8-6-2)24-17-16-21(23(3)4)20(22)18-24/h19-21H,5-18H2,1-4H3/t19?,20-,21+/m0/s1. The van der Waals surface area contributed by atoms with Gasteiger partial charge < -0.3 is 4.90 Å². The minimum Gasteiger partial charge on any atom is -0.303 e. The first-order chi connectivity index (χ1) is 11.6. The minimum atomic E-state index is -0.688. The Labute approximate surface area is 151 Å². The van der Waals surface area contributed by atoms with E-state index >= 15 is 0 Å². The number of unbranched alkanes of at least 4 members (excludes halogenated alkanes) is 7. The Morgan fingerprint density at radius 1 is 0.917 bits per heavy atom. The molecule has 1 heterocycles. The molecule has 1 saturated heterocycles. The number of hydrogen-bond donors (Lipinski definition) is 0. The predicted molar refractivity (Wildman–Crippen MR) is 104 cm³/mol. The summed E-state index contributed by atoms with van der Waals surface area (Å²) >= 11 is 0. The van der Waals surface area contributed by atoms with Gasteiger partial charge in [0.1, 0.15) is 6.17 Å². The fourth-order valence-electron chi connectivity index (χ4n) is 4.13. The molecule has 2 nitrogen and oxygen atoms in total. The van der Waals surface area contributed by atoms with Crippen molar-refractivity contribution in [2.45, 2.75) is 109 Å². The molecule has 0 aliphatic carbocycles. The van der Waals surface area contributed by atoms with E-state index in [1.807, 2.05) is 14.1 Å². The summed E-state index contributed by atoms with van der Waals surface area (Å²) in [6.07, 6.45) is 14.9. The van der Waals surface area contributed by atoms with Crippen molar-refractivity contribution in [2.75, 3.05) is 27.2 Å². The van der Waals surface area contributed by atoms with Crippen molar-refractivity contribution in [1.29, 1.82) is 0 Å². The highest BCUT2D eigenvalue weighted by atomic mass is 19.1. The molecule has 0 aromatic heterocycles. The van der Waals surface area contributed by atoms with E-state index in [9.17, 15) is 4.39 Å². The van der Waals surface area contributed by atoms with E-state index in [1.54, 1.807) is 0 Å². The lowest BCUT2D eigenvalue weighted by molar-refractivity contribution is 0.0304. The minimum absolute atomic E-state index is 0.117. The number of piperidine rings is 1. The van der Waals surface area contributed by atoms with Gasteiger partial charge in [-0.25, -0.2) is 4.39 Å². The van der Waals surface area contributed by atoms with Gasteiger partial charge >= 0.3 is 0 Å². The van der Waals surface area contributed by atoms with Crippen LogP contribution in [0.15, 0.2) is 0 Å². The zero-order chi connectivity index (χ0) is 17.8.